The molecule has 0 aromatic carbocycles. The first kappa shape index (κ1) is 12.1. The highest BCUT2D eigenvalue weighted by atomic mass is 16.5. The number of nitrogens with two attached hydrogens (primary N) is 1. The highest BCUT2D eigenvalue weighted by molar-refractivity contribution is 4.87. The molecule has 2 fully saturated rings. The van der Waals surface area contributed by atoms with E-state index < -0.39 is 0 Å². The number of hydrogen-bond acceptors (Lipinski definition) is 6. The van der Waals surface area contributed by atoms with E-state index in [1.807, 2.05) is 0 Å². The van der Waals surface area contributed by atoms with E-state index in [1.54, 1.807) is 0 Å². The van der Waals surface area contributed by atoms with Gasteiger partial charge in [0.25, 0.3) is 0 Å². The topological polar surface area (TPSA) is 71.4 Å². The van der Waals surface area contributed by atoms with Crippen LogP contribution >= 0.6 is 0 Å². The molecule has 18 heavy (non-hydrogen) atoms. The Morgan fingerprint density at radius 1 is 1.17 bits per heavy atom. The maximum Gasteiger partial charge on any atom is 0.240 e. The van der Waals surface area contributed by atoms with E-state index in [0.29, 0.717) is 12.4 Å². The Morgan fingerprint density at radius 3 is 2.50 bits per heavy atom. The fraction of sp³-hybridized carbons (Fsp3) is 0.833. The summed E-state index contributed by atoms with van der Waals surface area (Å²) >= 11 is 0. The molecule has 3 rings (SSSR count). The molecule has 0 unspecified atom stereocenters. The quantitative estimate of drug-likeness (QED) is 0.797. The Labute approximate surface area is 107 Å². The molecule has 6 nitrogen and oxygen atoms in total. The van der Waals surface area contributed by atoms with Gasteiger partial charge in [-0.3, -0.25) is 4.90 Å². The van der Waals surface area contributed by atoms with Crippen molar-refractivity contribution in [1.82, 2.24) is 19.9 Å². The van der Waals surface area contributed by atoms with E-state index in [1.165, 1.54) is 19.4 Å². The molecule has 2 N–H and O–H groups in total. The van der Waals surface area contributed by atoms with Gasteiger partial charge in [-0.15, -0.1) is 0 Å². The standard InChI is InChI=1S/C12H21N5O/c13-7-12-14-11(15-18-12)9-17-5-3-16(4-6-17)8-10-1-2-10/h10H,1-9,13H2. The van der Waals surface area contributed by atoms with Crippen LogP contribution in [0.25, 0.3) is 0 Å². The zero-order valence-corrected chi connectivity index (χ0v) is 10.7. The second-order valence-corrected chi connectivity index (χ2v) is 5.33. The van der Waals surface area contributed by atoms with Gasteiger partial charge in [0, 0.05) is 32.7 Å². The van der Waals surface area contributed by atoms with Crippen molar-refractivity contribution in [2.75, 3.05) is 32.7 Å². The van der Waals surface area contributed by atoms with Gasteiger partial charge in [-0.05, 0) is 18.8 Å². The lowest BCUT2D eigenvalue weighted by Gasteiger charge is -2.34. The lowest BCUT2D eigenvalue weighted by atomic mass is 10.3. The van der Waals surface area contributed by atoms with Crippen molar-refractivity contribution in [3.05, 3.63) is 11.7 Å². The number of nitrogens with zero attached hydrogens (tertiary/aromatic N) is 4. The Morgan fingerprint density at radius 2 is 1.89 bits per heavy atom. The summed E-state index contributed by atoms with van der Waals surface area (Å²) in [5, 5.41) is 3.94. The second-order valence-electron chi connectivity index (χ2n) is 5.33. The number of rotatable bonds is 5. The molecule has 0 atom stereocenters. The van der Waals surface area contributed by atoms with Crippen molar-refractivity contribution in [3.8, 4) is 0 Å². The van der Waals surface area contributed by atoms with E-state index in [2.05, 4.69) is 19.9 Å². The SMILES string of the molecule is NCc1nc(CN2CCN(CC3CC3)CC2)no1. The summed E-state index contributed by atoms with van der Waals surface area (Å²) in [6.07, 6.45) is 2.87. The monoisotopic (exact) mass is 251 g/mol. The first-order valence-electron chi connectivity index (χ1n) is 6.79. The van der Waals surface area contributed by atoms with Crippen LogP contribution in [0.4, 0.5) is 0 Å². The van der Waals surface area contributed by atoms with E-state index in [9.17, 15) is 0 Å². The van der Waals surface area contributed by atoms with E-state index >= 15 is 0 Å². The Hall–Kier alpha value is -0.980. The predicted molar refractivity (Wildman–Crippen MR) is 66.6 cm³/mol. The lowest BCUT2D eigenvalue weighted by molar-refractivity contribution is 0.120. The van der Waals surface area contributed by atoms with Crippen molar-refractivity contribution in [2.45, 2.75) is 25.9 Å². The molecule has 1 aromatic rings. The molecular formula is C12H21N5O. The zero-order valence-electron chi connectivity index (χ0n) is 10.7. The first-order valence-corrected chi connectivity index (χ1v) is 6.79. The molecule has 1 saturated carbocycles. The third kappa shape index (κ3) is 3.07. The van der Waals surface area contributed by atoms with Crippen LogP contribution in [0.15, 0.2) is 4.52 Å². The highest BCUT2D eigenvalue weighted by Crippen LogP contribution is 2.29. The molecule has 1 aliphatic carbocycles. The van der Waals surface area contributed by atoms with Crippen molar-refractivity contribution >= 4 is 0 Å². The fourth-order valence-corrected chi connectivity index (χ4v) is 2.43. The maximum atomic E-state index is 5.45. The molecule has 100 valence electrons. The normalized spacial score (nSPS) is 22.5. The average molecular weight is 251 g/mol. The fourth-order valence-electron chi connectivity index (χ4n) is 2.43. The summed E-state index contributed by atoms with van der Waals surface area (Å²) in [7, 11) is 0. The Kier molecular flexibility index (Phi) is 3.58. The molecule has 0 radical (unpaired) electrons. The van der Waals surface area contributed by atoms with E-state index in [0.717, 1.165) is 44.5 Å². The summed E-state index contributed by atoms with van der Waals surface area (Å²) in [5.41, 5.74) is 5.45. The minimum absolute atomic E-state index is 0.322. The molecule has 2 aliphatic rings. The number of aromatic nitrogens is 2. The van der Waals surface area contributed by atoms with Gasteiger partial charge in [-0.1, -0.05) is 5.16 Å². The van der Waals surface area contributed by atoms with Crippen LogP contribution in [0.2, 0.25) is 0 Å². The van der Waals surface area contributed by atoms with Crippen molar-refractivity contribution in [1.29, 1.82) is 0 Å². The predicted octanol–water partition coefficient (Wildman–Crippen LogP) is 0.0559. The molecule has 0 bridgehead atoms. The number of hydrogen-bond donors (Lipinski definition) is 1. The Balaban J connectivity index is 1.44. The van der Waals surface area contributed by atoms with Gasteiger partial charge in [-0.25, -0.2) is 0 Å². The summed E-state index contributed by atoms with van der Waals surface area (Å²) in [6.45, 7) is 6.92. The van der Waals surface area contributed by atoms with E-state index in [-0.39, 0.29) is 0 Å². The van der Waals surface area contributed by atoms with Gasteiger partial charge in [0.05, 0.1) is 13.1 Å². The number of piperazine rings is 1. The molecule has 6 heteroatoms. The molecule has 1 aliphatic heterocycles. The van der Waals surface area contributed by atoms with Gasteiger partial charge >= 0.3 is 0 Å². The van der Waals surface area contributed by atoms with Gasteiger partial charge in [0.2, 0.25) is 5.89 Å². The third-order valence-electron chi connectivity index (χ3n) is 3.73. The molecule has 1 saturated heterocycles. The zero-order chi connectivity index (χ0) is 12.4. The molecule has 0 amide bonds. The molecular weight excluding hydrogens is 230 g/mol. The van der Waals surface area contributed by atoms with Crippen molar-refractivity contribution in [2.24, 2.45) is 11.7 Å². The van der Waals surface area contributed by atoms with Crippen LogP contribution < -0.4 is 5.73 Å². The van der Waals surface area contributed by atoms with Crippen LogP contribution in [0.5, 0.6) is 0 Å². The summed E-state index contributed by atoms with van der Waals surface area (Å²) in [4.78, 5) is 9.20. The largest absolute Gasteiger partial charge is 0.338 e. The van der Waals surface area contributed by atoms with Gasteiger partial charge in [0.15, 0.2) is 5.82 Å². The molecule has 1 aromatic heterocycles. The smallest absolute Gasteiger partial charge is 0.240 e. The summed E-state index contributed by atoms with van der Waals surface area (Å²) in [5.74, 6) is 2.27. The highest BCUT2D eigenvalue weighted by Gasteiger charge is 2.26. The van der Waals surface area contributed by atoms with Crippen LogP contribution in [-0.2, 0) is 13.1 Å². The van der Waals surface area contributed by atoms with Crippen LogP contribution in [0, 0.1) is 5.92 Å². The minimum Gasteiger partial charge on any atom is -0.338 e. The van der Waals surface area contributed by atoms with Gasteiger partial charge in [-0.2, -0.15) is 4.98 Å². The average Bonchev–Trinajstić information content (AvgIpc) is 3.09. The van der Waals surface area contributed by atoms with Crippen LogP contribution in [-0.4, -0.2) is 52.7 Å². The Bertz CT molecular complexity index is 382. The molecule has 0 spiro atoms. The van der Waals surface area contributed by atoms with Crippen LogP contribution in [0.1, 0.15) is 24.6 Å². The minimum atomic E-state index is 0.322. The van der Waals surface area contributed by atoms with Crippen molar-refractivity contribution in [3.63, 3.8) is 0 Å². The lowest BCUT2D eigenvalue weighted by Crippen LogP contribution is -2.46. The van der Waals surface area contributed by atoms with Gasteiger partial charge < -0.3 is 15.2 Å². The second kappa shape index (κ2) is 5.34. The van der Waals surface area contributed by atoms with Gasteiger partial charge in [0.1, 0.15) is 0 Å². The summed E-state index contributed by atoms with van der Waals surface area (Å²) < 4.78 is 5.01. The first-order chi connectivity index (χ1) is 8.83. The summed E-state index contributed by atoms with van der Waals surface area (Å²) in [6, 6.07) is 0. The van der Waals surface area contributed by atoms with Crippen molar-refractivity contribution < 1.29 is 4.52 Å². The van der Waals surface area contributed by atoms with Crippen LogP contribution in [0.3, 0.4) is 0 Å². The van der Waals surface area contributed by atoms with E-state index in [4.69, 9.17) is 10.3 Å². The molecule has 2 heterocycles. The third-order valence-corrected chi connectivity index (χ3v) is 3.73. The maximum absolute atomic E-state index is 5.45.